The number of aliphatic hydroxyl groups is 1. The van der Waals surface area contributed by atoms with E-state index in [0.29, 0.717) is 30.6 Å². The second-order valence-electron chi connectivity index (χ2n) is 11.0. The minimum atomic E-state index is -0.849. The van der Waals surface area contributed by atoms with Gasteiger partial charge in [-0.15, -0.1) is 0 Å². The molecule has 8 heteroatoms. The van der Waals surface area contributed by atoms with Gasteiger partial charge in [0.15, 0.2) is 0 Å². The van der Waals surface area contributed by atoms with Crippen molar-refractivity contribution in [1.82, 2.24) is 15.5 Å². The van der Waals surface area contributed by atoms with Gasteiger partial charge in [0.1, 0.15) is 24.4 Å². The number of methoxy groups -OCH3 is 1. The summed E-state index contributed by atoms with van der Waals surface area (Å²) in [5, 5.41) is 15.3. The Kier molecular flexibility index (Phi) is 7.00. The lowest BCUT2D eigenvalue weighted by Crippen LogP contribution is -2.60. The quantitative estimate of drug-likeness (QED) is 0.521. The number of hydrogen-bond donors (Lipinski definition) is 3. The minimum absolute atomic E-state index is 0.0509. The Labute approximate surface area is 206 Å². The molecule has 1 aliphatic heterocycles. The summed E-state index contributed by atoms with van der Waals surface area (Å²) in [7, 11) is 1.59. The van der Waals surface area contributed by atoms with E-state index < -0.39 is 24.6 Å². The van der Waals surface area contributed by atoms with Gasteiger partial charge in [0.2, 0.25) is 17.7 Å². The molecule has 3 N–H and O–H groups in total. The largest absolute Gasteiger partial charge is 0.497 e. The van der Waals surface area contributed by atoms with E-state index in [9.17, 15) is 19.5 Å². The molecule has 4 aliphatic carbocycles. The molecule has 8 nitrogen and oxygen atoms in total. The van der Waals surface area contributed by atoms with E-state index in [1.807, 2.05) is 24.3 Å². The predicted octanol–water partition coefficient (Wildman–Crippen LogP) is 1.65. The Morgan fingerprint density at radius 3 is 2.31 bits per heavy atom. The zero-order valence-electron chi connectivity index (χ0n) is 20.4. The van der Waals surface area contributed by atoms with Gasteiger partial charge in [-0.25, -0.2) is 0 Å². The van der Waals surface area contributed by atoms with Crippen molar-refractivity contribution >= 4 is 17.7 Å². The number of amides is 3. The fourth-order valence-electron chi connectivity index (χ4n) is 7.36. The van der Waals surface area contributed by atoms with Gasteiger partial charge < -0.3 is 25.4 Å². The number of carbonyl (C=O) groups is 3. The molecule has 2 atom stereocenters. The first-order valence-electron chi connectivity index (χ1n) is 13.1. The van der Waals surface area contributed by atoms with E-state index in [2.05, 4.69) is 10.6 Å². The predicted molar refractivity (Wildman–Crippen MR) is 129 cm³/mol. The minimum Gasteiger partial charge on any atom is -0.497 e. The number of nitrogens with zero attached hydrogens (tertiary/aromatic N) is 1. The van der Waals surface area contributed by atoms with Crippen LogP contribution < -0.4 is 15.4 Å². The molecule has 1 heterocycles. The fourth-order valence-corrected chi connectivity index (χ4v) is 7.36. The van der Waals surface area contributed by atoms with Crippen molar-refractivity contribution in [3.8, 4) is 5.75 Å². The summed E-state index contributed by atoms with van der Waals surface area (Å²) < 4.78 is 5.20. The van der Waals surface area contributed by atoms with Crippen LogP contribution in [0.25, 0.3) is 0 Å². The van der Waals surface area contributed by atoms with Gasteiger partial charge in [-0.05, 0) is 86.3 Å². The third-order valence-electron chi connectivity index (χ3n) is 8.75. The molecule has 1 aromatic carbocycles. The molecule has 5 aliphatic rings. The molecule has 3 amide bonds. The number of rotatable bonds is 8. The third-order valence-corrected chi connectivity index (χ3v) is 8.75. The summed E-state index contributed by atoms with van der Waals surface area (Å²) in [5.74, 6) is 2.60. The monoisotopic (exact) mass is 483 g/mol. The summed E-state index contributed by atoms with van der Waals surface area (Å²) in [4.78, 5) is 40.7. The lowest BCUT2D eigenvalue weighted by molar-refractivity contribution is -0.142. The molecular weight excluding hydrogens is 446 g/mol. The Morgan fingerprint density at radius 2 is 1.71 bits per heavy atom. The highest BCUT2D eigenvalue weighted by Gasteiger charge is 2.49. The van der Waals surface area contributed by atoms with Crippen LogP contribution in [0.5, 0.6) is 5.75 Å². The highest BCUT2D eigenvalue weighted by molar-refractivity contribution is 5.93. The fraction of sp³-hybridized carbons (Fsp3) is 0.667. The van der Waals surface area contributed by atoms with Crippen molar-refractivity contribution in [3.05, 3.63) is 29.8 Å². The van der Waals surface area contributed by atoms with Crippen LogP contribution in [0.3, 0.4) is 0 Å². The average Bonchev–Trinajstić information content (AvgIpc) is 3.35. The molecule has 5 fully saturated rings. The van der Waals surface area contributed by atoms with Crippen LogP contribution in [-0.4, -0.2) is 66.1 Å². The number of likely N-dealkylation sites (tertiary alicyclic amines) is 1. The highest BCUT2D eigenvalue weighted by Crippen LogP contribution is 2.53. The Morgan fingerprint density at radius 1 is 1.06 bits per heavy atom. The summed E-state index contributed by atoms with van der Waals surface area (Å²) in [6, 6.07) is 6.19. The van der Waals surface area contributed by atoms with Crippen molar-refractivity contribution < 1.29 is 24.2 Å². The van der Waals surface area contributed by atoms with Gasteiger partial charge in [0.25, 0.3) is 0 Å². The summed E-state index contributed by atoms with van der Waals surface area (Å²) >= 11 is 0. The van der Waals surface area contributed by atoms with Crippen LogP contribution >= 0.6 is 0 Å². The smallest absolute Gasteiger partial charge is 0.246 e. The van der Waals surface area contributed by atoms with E-state index in [4.69, 9.17) is 4.74 Å². The van der Waals surface area contributed by atoms with Crippen molar-refractivity contribution in [2.75, 3.05) is 20.3 Å². The van der Waals surface area contributed by atoms with E-state index in [0.717, 1.165) is 23.8 Å². The average molecular weight is 484 g/mol. The first-order chi connectivity index (χ1) is 16.9. The maximum absolute atomic E-state index is 13.6. The highest BCUT2D eigenvalue weighted by atomic mass is 16.5. The van der Waals surface area contributed by atoms with Crippen LogP contribution in [0.4, 0.5) is 0 Å². The molecule has 0 unspecified atom stereocenters. The molecule has 0 radical (unpaired) electrons. The normalized spacial score (nSPS) is 31.8. The number of carbonyl (C=O) groups excluding carboxylic acids is 3. The molecule has 190 valence electrons. The Balaban J connectivity index is 1.27. The maximum Gasteiger partial charge on any atom is 0.246 e. The SMILES string of the molecule is COc1ccc(C[C@H](NC(=O)CO)C(=O)N2CCC[C@@H]2C(=O)NC2C3CC4CC(C3)CC2C4)cc1. The van der Waals surface area contributed by atoms with Crippen LogP contribution in [0, 0.1) is 23.7 Å². The topological polar surface area (TPSA) is 108 Å². The van der Waals surface area contributed by atoms with E-state index >= 15 is 0 Å². The second kappa shape index (κ2) is 10.2. The van der Waals surface area contributed by atoms with Gasteiger partial charge in [-0.3, -0.25) is 14.4 Å². The van der Waals surface area contributed by atoms with Crippen molar-refractivity contribution in [1.29, 1.82) is 0 Å². The second-order valence-corrected chi connectivity index (χ2v) is 11.0. The molecule has 35 heavy (non-hydrogen) atoms. The maximum atomic E-state index is 13.6. The summed E-state index contributed by atoms with van der Waals surface area (Å²) in [6.07, 6.45) is 7.93. The van der Waals surface area contributed by atoms with Gasteiger partial charge in [0, 0.05) is 19.0 Å². The number of aliphatic hydroxyl groups excluding tert-OH is 1. The van der Waals surface area contributed by atoms with E-state index in [-0.39, 0.29) is 24.3 Å². The number of benzene rings is 1. The molecule has 4 bridgehead atoms. The van der Waals surface area contributed by atoms with Gasteiger partial charge >= 0.3 is 0 Å². The molecule has 0 aromatic heterocycles. The zero-order chi connectivity index (χ0) is 24.5. The Bertz CT molecular complexity index is 921. The summed E-state index contributed by atoms with van der Waals surface area (Å²) in [5.41, 5.74) is 0.858. The van der Waals surface area contributed by atoms with Crippen LogP contribution in [0.1, 0.15) is 50.5 Å². The zero-order valence-corrected chi connectivity index (χ0v) is 20.4. The van der Waals surface area contributed by atoms with E-state index in [1.54, 1.807) is 12.0 Å². The molecule has 1 saturated heterocycles. The first-order valence-corrected chi connectivity index (χ1v) is 13.1. The molecule has 6 rings (SSSR count). The van der Waals surface area contributed by atoms with Gasteiger partial charge in [0.05, 0.1) is 7.11 Å². The van der Waals surface area contributed by atoms with Gasteiger partial charge in [-0.2, -0.15) is 0 Å². The first kappa shape index (κ1) is 24.1. The number of ether oxygens (including phenoxy) is 1. The van der Waals surface area contributed by atoms with Crippen LogP contribution in [-0.2, 0) is 20.8 Å². The lowest BCUT2D eigenvalue weighted by atomic mass is 9.54. The van der Waals surface area contributed by atoms with Crippen LogP contribution in [0.15, 0.2) is 24.3 Å². The van der Waals surface area contributed by atoms with Crippen LogP contribution in [0.2, 0.25) is 0 Å². The molecule has 1 aromatic rings. The third kappa shape index (κ3) is 5.03. The molecule has 0 spiro atoms. The van der Waals surface area contributed by atoms with Crippen molar-refractivity contribution in [3.63, 3.8) is 0 Å². The van der Waals surface area contributed by atoms with Crippen molar-refractivity contribution in [2.24, 2.45) is 23.7 Å². The number of nitrogens with one attached hydrogen (secondary N) is 2. The molecule has 4 saturated carbocycles. The van der Waals surface area contributed by atoms with E-state index in [1.165, 1.54) is 32.1 Å². The Hall–Kier alpha value is -2.61. The van der Waals surface area contributed by atoms with Crippen molar-refractivity contribution in [2.45, 2.75) is 69.5 Å². The standard InChI is InChI=1S/C27H37N3O5/c1-35-21-6-4-16(5-7-21)14-22(28-24(32)15-31)27(34)30-8-2-3-23(30)26(33)29-25-19-10-17-9-18(12-19)13-20(25)11-17/h4-7,17-20,22-23,25,31H,2-3,8-15H2,1H3,(H,28,32)(H,29,33)/t17?,18?,19?,20?,22-,23+,25?/m0/s1. The number of hydrogen-bond acceptors (Lipinski definition) is 5. The lowest BCUT2D eigenvalue weighted by Gasteiger charge is -2.54. The van der Waals surface area contributed by atoms with Gasteiger partial charge in [-0.1, -0.05) is 12.1 Å². The summed E-state index contributed by atoms with van der Waals surface area (Å²) in [6.45, 7) is -0.199. The molecular formula is C27H37N3O5.